The van der Waals surface area contributed by atoms with Gasteiger partial charge >= 0.3 is 0 Å². The average Bonchev–Trinajstić information content (AvgIpc) is 2.88. The number of halogens is 1. The van der Waals surface area contributed by atoms with Crippen LogP contribution in [0.15, 0.2) is 18.2 Å². The molecule has 0 amide bonds. The van der Waals surface area contributed by atoms with Gasteiger partial charge in [-0.3, -0.25) is 4.98 Å². The lowest BCUT2D eigenvalue weighted by molar-refractivity contribution is 0.253. The zero-order valence-electron chi connectivity index (χ0n) is 11.6. The smallest absolute Gasteiger partial charge is 0.0741 e. The van der Waals surface area contributed by atoms with E-state index < -0.39 is 0 Å². The molecule has 1 spiro atoms. The summed E-state index contributed by atoms with van der Waals surface area (Å²) in [5.41, 5.74) is 11.4. The number of hydrogen-bond acceptors (Lipinski definition) is 2. The molecule has 1 saturated carbocycles. The molecule has 0 bridgehead atoms. The summed E-state index contributed by atoms with van der Waals surface area (Å²) in [6.07, 6.45) is 8.97. The Kier molecular flexibility index (Phi) is 2.71. The van der Waals surface area contributed by atoms with E-state index in [-0.39, 0.29) is 0 Å². The number of rotatable bonds is 0. The van der Waals surface area contributed by atoms with E-state index in [0.29, 0.717) is 5.41 Å². The third-order valence-electron chi connectivity index (χ3n) is 5.29. The molecule has 1 aromatic carbocycles. The molecule has 2 N–H and O–H groups in total. The van der Waals surface area contributed by atoms with Crippen LogP contribution < -0.4 is 5.73 Å². The molecule has 2 aromatic rings. The van der Waals surface area contributed by atoms with Gasteiger partial charge in [0.1, 0.15) is 0 Å². The second-order valence-corrected chi connectivity index (χ2v) is 6.93. The molecule has 20 heavy (non-hydrogen) atoms. The Morgan fingerprint density at radius 2 is 1.95 bits per heavy atom. The molecular formula is C17H19ClN2. The van der Waals surface area contributed by atoms with Crippen LogP contribution in [0.4, 0.5) is 5.69 Å². The third-order valence-corrected chi connectivity index (χ3v) is 5.52. The van der Waals surface area contributed by atoms with E-state index in [9.17, 15) is 0 Å². The molecule has 4 rings (SSSR count). The van der Waals surface area contributed by atoms with Crippen molar-refractivity contribution in [1.29, 1.82) is 0 Å². The first kappa shape index (κ1) is 12.5. The van der Waals surface area contributed by atoms with Crippen LogP contribution in [0, 0.1) is 5.41 Å². The highest BCUT2D eigenvalue weighted by Gasteiger charge is 2.38. The van der Waals surface area contributed by atoms with Gasteiger partial charge in [0.2, 0.25) is 0 Å². The van der Waals surface area contributed by atoms with Crippen LogP contribution in [0.1, 0.15) is 43.4 Å². The van der Waals surface area contributed by atoms with Gasteiger partial charge in [-0.25, -0.2) is 0 Å². The summed E-state index contributed by atoms with van der Waals surface area (Å²) in [7, 11) is 0. The molecule has 0 saturated heterocycles. The fourth-order valence-electron chi connectivity index (χ4n) is 4.16. The van der Waals surface area contributed by atoms with E-state index >= 15 is 0 Å². The molecule has 0 aliphatic heterocycles. The number of nitrogens with two attached hydrogens (primary N) is 1. The molecule has 1 aromatic heterocycles. The maximum Gasteiger partial charge on any atom is 0.0741 e. The summed E-state index contributed by atoms with van der Waals surface area (Å²) in [6, 6.07) is 5.84. The summed E-state index contributed by atoms with van der Waals surface area (Å²) >= 11 is 6.07. The molecule has 1 fully saturated rings. The third kappa shape index (κ3) is 1.81. The zero-order valence-corrected chi connectivity index (χ0v) is 12.3. The van der Waals surface area contributed by atoms with Crippen molar-refractivity contribution in [2.75, 3.05) is 5.73 Å². The second-order valence-electron chi connectivity index (χ2n) is 6.50. The Bertz CT molecular complexity index is 687. The zero-order chi connectivity index (χ0) is 13.7. The van der Waals surface area contributed by atoms with Crippen molar-refractivity contribution < 1.29 is 0 Å². The van der Waals surface area contributed by atoms with Crippen LogP contribution in [0.25, 0.3) is 10.9 Å². The van der Waals surface area contributed by atoms with Gasteiger partial charge in [0.15, 0.2) is 0 Å². The summed E-state index contributed by atoms with van der Waals surface area (Å²) in [5, 5.41) is 1.79. The van der Waals surface area contributed by atoms with Crippen LogP contribution in [0.2, 0.25) is 5.02 Å². The number of aryl methyl sites for hydroxylation is 1. The monoisotopic (exact) mass is 286 g/mol. The number of pyridine rings is 1. The Morgan fingerprint density at radius 1 is 1.15 bits per heavy atom. The van der Waals surface area contributed by atoms with E-state index in [1.807, 2.05) is 18.2 Å². The van der Waals surface area contributed by atoms with Gasteiger partial charge in [0.25, 0.3) is 0 Å². The van der Waals surface area contributed by atoms with Crippen molar-refractivity contribution in [2.45, 2.75) is 44.9 Å². The van der Waals surface area contributed by atoms with Crippen LogP contribution >= 0.6 is 11.6 Å². The van der Waals surface area contributed by atoms with Crippen LogP contribution in [0.5, 0.6) is 0 Å². The minimum absolute atomic E-state index is 0.517. The maximum absolute atomic E-state index is 6.46. The minimum atomic E-state index is 0.517. The summed E-state index contributed by atoms with van der Waals surface area (Å²) in [4.78, 5) is 4.83. The minimum Gasteiger partial charge on any atom is -0.398 e. The Hall–Kier alpha value is -1.28. The Balaban J connectivity index is 1.87. The first-order valence-electron chi connectivity index (χ1n) is 7.53. The number of hydrogen-bond donors (Lipinski definition) is 1. The number of benzene rings is 1. The highest BCUT2D eigenvalue weighted by atomic mass is 35.5. The molecule has 3 heteroatoms. The van der Waals surface area contributed by atoms with Crippen LogP contribution in [0.3, 0.4) is 0 Å². The normalized spacial score (nSPS) is 20.4. The summed E-state index contributed by atoms with van der Waals surface area (Å²) in [5.74, 6) is 0. The lowest BCUT2D eigenvalue weighted by Crippen LogP contribution is -2.27. The molecular weight excluding hydrogens is 268 g/mol. The van der Waals surface area contributed by atoms with E-state index in [4.69, 9.17) is 22.3 Å². The van der Waals surface area contributed by atoms with E-state index in [1.54, 1.807) is 0 Å². The number of nitrogen functional groups attached to an aromatic ring is 1. The summed E-state index contributed by atoms with van der Waals surface area (Å²) < 4.78 is 0. The standard InChI is InChI=1S/C17H19ClN2/c18-11-3-4-12-15(9-11)20-14-5-8-17(6-1-2-7-17)10-13(14)16(12)19/h3-4,9H,1-2,5-8,10H2,(H2,19,20). The van der Waals surface area contributed by atoms with Crippen molar-refractivity contribution in [3.05, 3.63) is 34.5 Å². The number of aromatic nitrogens is 1. The Morgan fingerprint density at radius 3 is 2.75 bits per heavy atom. The SMILES string of the molecule is Nc1c2c(nc3cc(Cl)ccc13)CCC1(CCCC1)C2. The van der Waals surface area contributed by atoms with Gasteiger partial charge in [-0.15, -0.1) is 0 Å². The van der Waals surface area contributed by atoms with E-state index in [2.05, 4.69) is 0 Å². The molecule has 0 unspecified atom stereocenters. The number of fused-ring (bicyclic) bond motifs is 2. The van der Waals surface area contributed by atoms with E-state index in [0.717, 1.165) is 34.5 Å². The number of nitrogens with zero attached hydrogens (tertiary/aromatic N) is 1. The molecule has 1 heterocycles. The lowest BCUT2D eigenvalue weighted by Gasteiger charge is -2.35. The second kappa shape index (κ2) is 4.36. The molecule has 0 radical (unpaired) electrons. The van der Waals surface area contributed by atoms with Crippen LogP contribution in [-0.2, 0) is 12.8 Å². The lowest BCUT2D eigenvalue weighted by atomic mass is 9.71. The van der Waals surface area contributed by atoms with Crippen molar-refractivity contribution >= 4 is 28.2 Å². The van der Waals surface area contributed by atoms with Crippen LogP contribution in [-0.4, -0.2) is 4.98 Å². The van der Waals surface area contributed by atoms with Crippen molar-refractivity contribution in [3.8, 4) is 0 Å². The summed E-state index contributed by atoms with van der Waals surface area (Å²) in [6.45, 7) is 0. The molecule has 0 atom stereocenters. The quantitative estimate of drug-likeness (QED) is 0.773. The van der Waals surface area contributed by atoms with Gasteiger partial charge in [0, 0.05) is 21.8 Å². The van der Waals surface area contributed by atoms with Crippen molar-refractivity contribution in [3.63, 3.8) is 0 Å². The highest BCUT2D eigenvalue weighted by molar-refractivity contribution is 6.31. The van der Waals surface area contributed by atoms with Gasteiger partial charge in [-0.1, -0.05) is 24.4 Å². The van der Waals surface area contributed by atoms with Gasteiger partial charge in [-0.05, 0) is 61.3 Å². The topological polar surface area (TPSA) is 38.9 Å². The molecule has 2 aliphatic carbocycles. The fraction of sp³-hybridized carbons (Fsp3) is 0.471. The largest absolute Gasteiger partial charge is 0.398 e. The fourth-order valence-corrected chi connectivity index (χ4v) is 4.33. The van der Waals surface area contributed by atoms with Gasteiger partial charge < -0.3 is 5.73 Å². The van der Waals surface area contributed by atoms with Crippen molar-refractivity contribution in [1.82, 2.24) is 4.98 Å². The molecule has 2 nitrogen and oxygen atoms in total. The molecule has 104 valence electrons. The first-order valence-corrected chi connectivity index (χ1v) is 7.91. The predicted molar refractivity (Wildman–Crippen MR) is 84.1 cm³/mol. The Labute approximate surface area is 124 Å². The van der Waals surface area contributed by atoms with Crippen molar-refractivity contribution in [2.24, 2.45) is 5.41 Å². The van der Waals surface area contributed by atoms with E-state index in [1.165, 1.54) is 43.4 Å². The maximum atomic E-state index is 6.46. The average molecular weight is 287 g/mol. The highest BCUT2D eigenvalue weighted by Crippen LogP contribution is 2.49. The van der Waals surface area contributed by atoms with Gasteiger partial charge in [-0.2, -0.15) is 0 Å². The predicted octanol–water partition coefficient (Wildman–Crippen LogP) is 4.52. The first-order chi connectivity index (χ1) is 9.67. The van der Waals surface area contributed by atoms with Gasteiger partial charge in [0.05, 0.1) is 5.52 Å². The molecule has 2 aliphatic rings. The number of anilines is 1.